The summed E-state index contributed by atoms with van der Waals surface area (Å²) in [5.74, 6) is 1.71. The number of hydrogen-bond acceptors (Lipinski definition) is 7. The Morgan fingerprint density at radius 1 is 1.21 bits per heavy atom. The van der Waals surface area contributed by atoms with Crippen molar-refractivity contribution in [2.45, 2.75) is 55.8 Å². The highest BCUT2D eigenvalue weighted by atomic mass is 35.5. The maximum absolute atomic E-state index is 6.03. The molecule has 2 aromatic heterocycles. The van der Waals surface area contributed by atoms with Crippen LogP contribution in [0, 0.1) is 0 Å². The molecule has 150 valence electrons. The third kappa shape index (κ3) is 2.92. The molecule has 1 aliphatic carbocycles. The lowest BCUT2D eigenvalue weighted by atomic mass is 9.94. The van der Waals surface area contributed by atoms with E-state index in [0.29, 0.717) is 0 Å². The summed E-state index contributed by atoms with van der Waals surface area (Å²) in [6.07, 6.45) is 5.25. The minimum atomic E-state index is 0.129. The fourth-order valence-corrected chi connectivity index (χ4v) is 6.95. The number of aryl methyl sites for hydroxylation is 1. The zero-order valence-electron chi connectivity index (χ0n) is 16.0. The number of halogens is 1. The summed E-state index contributed by atoms with van der Waals surface area (Å²) in [5.41, 5.74) is 7.71. The van der Waals surface area contributed by atoms with Gasteiger partial charge in [-0.3, -0.25) is 10.3 Å². The Labute approximate surface area is 182 Å². The van der Waals surface area contributed by atoms with Crippen molar-refractivity contribution in [3.8, 4) is 5.00 Å². The Bertz CT molecular complexity index is 1080. The number of benzene rings is 1. The van der Waals surface area contributed by atoms with Gasteiger partial charge in [0.2, 0.25) is 5.95 Å². The highest BCUT2D eigenvalue weighted by Crippen LogP contribution is 2.48. The largest absolute Gasteiger partial charge is 0.276 e. The summed E-state index contributed by atoms with van der Waals surface area (Å²) in [7, 11) is 0. The van der Waals surface area contributed by atoms with Crippen LogP contribution in [0.4, 0.5) is 5.95 Å². The van der Waals surface area contributed by atoms with Crippen molar-refractivity contribution < 1.29 is 0 Å². The van der Waals surface area contributed by atoms with Gasteiger partial charge in [-0.2, -0.15) is 0 Å². The predicted octanol–water partition coefficient (Wildman–Crippen LogP) is 4.43. The van der Waals surface area contributed by atoms with Gasteiger partial charge in [-0.15, -0.1) is 21.5 Å². The molecule has 9 heteroatoms. The predicted molar refractivity (Wildman–Crippen MR) is 118 cm³/mol. The monoisotopic (exact) mass is 444 g/mol. The zero-order valence-corrected chi connectivity index (χ0v) is 18.4. The highest BCUT2D eigenvalue weighted by Gasteiger charge is 2.43. The molecule has 3 aliphatic rings. The second-order valence-corrected chi connectivity index (χ2v) is 10.2. The van der Waals surface area contributed by atoms with Gasteiger partial charge in [0, 0.05) is 21.2 Å². The van der Waals surface area contributed by atoms with E-state index >= 15 is 0 Å². The van der Waals surface area contributed by atoms with Gasteiger partial charge in [-0.05, 0) is 55.9 Å². The SMILES string of the molecule is CC1NC2c3c(sc4c3CCCC4)-n3c(SCc4ccc(Cl)cc4)nnc3N2N1. The molecule has 3 aromatic rings. The molecule has 29 heavy (non-hydrogen) atoms. The maximum Gasteiger partial charge on any atom is 0.249 e. The quantitative estimate of drug-likeness (QED) is 0.583. The first-order valence-electron chi connectivity index (χ1n) is 9.98. The number of thioether (sulfide) groups is 1. The van der Waals surface area contributed by atoms with E-state index in [9.17, 15) is 0 Å². The third-order valence-corrected chi connectivity index (χ3v) is 8.33. The summed E-state index contributed by atoms with van der Waals surface area (Å²) in [6, 6.07) is 8.02. The van der Waals surface area contributed by atoms with Crippen LogP contribution in [-0.2, 0) is 18.6 Å². The zero-order chi connectivity index (χ0) is 19.5. The van der Waals surface area contributed by atoms with E-state index in [1.54, 1.807) is 17.3 Å². The molecule has 6 rings (SSSR count). The Kier molecular flexibility index (Phi) is 4.39. The average Bonchev–Trinajstić information content (AvgIpc) is 3.41. The topological polar surface area (TPSA) is 58.0 Å². The minimum absolute atomic E-state index is 0.129. The first kappa shape index (κ1) is 18.2. The fourth-order valence-electron chi connectivity index (χ4n) is 4.46. The molecule has 1 fully saturated rings. The van der Waals surface area contributed by atoms with Gasteiger partial charge in [0.15, 0.2) is 5.16 Å². The Morgan fingerprint density at radius 2 is 2.03 bits per heavy atom. The van der Waals surface area contributed by atoms with Crippen molar-refractivity contribution in [3.63, 3.8) is 0 Å². The Morgan fingerprint density at radius 3 is 2.90 bits per heavy atom. The molecule has 0 radical (unpaired) electrons. The lowest BCUT2D eigenvalue weighted by Crippen LogP contribution is -2.40. The second-order valence-electron chi connectivity index (χ2n) is 7.75. The van der Waals surface area contributed by atoms with Crippen LogP contribution in [0.2, 0.25) is 5.02 Å². The Balaban J connectivity index is 1.42. The molecule has 2 unspecified atom stereocenters. The van der Waals surface area contributed by atoms with E-state index < -0.39 is 0 Å². The first-order chi connectivity index (χ1) is 14.2. The van der Waals surface area contributed by atoms with E-state index in [0.717, 1.165) is 21.9 Å². The van der Waals surface area contributed by atoms with Crippen LogP contribution < -0.4 is 15.8 Å². The van der Waals surface area contributed by atoms with Gasteiger partial charge in [-0.25, -0.2) is 9.99 Å². The number of anilines is 1. The van der Waals surface area contributed by atoms with Gasteiger partial charge >= 0.3 is 0 Å². The molecule has 0 bridgehead atoms. The van der Waals surface area contributed by atoms with Crippen molar-refractivity contribution >= 4 is 40.6 Å². The number of hydrogen-bond donors (Lipinski definition) is 2. The maximum atomic E-state index is 6.03. The number of nitrogens with zero attached hydrogens (tertiary/aromatic N) is 4. The number of aromatic nitrogens is 3. The van der Waals surface area contributed by atoms with Crippen LogP contribution in [0.3, 0.4) is 0 Å². The molecule has 4 heterocycles. The van der Waals surface area contributed by atoms with Crippen molar-refractivity contribution in [1.82, 2.24) is 25.5 Å². The smallest absolute Gasteiger partial charge is 0.249 e. The van der Waals surface area contributed by atoms with Crippen molar-refractivity contribution in [3.05, 3.63) is 50.9 Å². The highest BCUT2D eigenvalue weighted by molar-refractivity contribution is 7.98. The van der Waals surface area contributed by atoms with Gasteiger partial charge in [0.1, 0.15) is 11.2 Å². The molecule has 1 aromatic carbocycles. The van der Waals surface area contributed by atoms with Crippen LogP contribution in [0.25, 0.3) is 5.00 Å². The summed E-state index contributed by atoms with van der Waals surface area (Å²) >= 11 is 9.68. The molecular weight excluding hydrogens is 424 g/mol. The number of fused-ring (bicyclic) bond motifs is 8. The molecule has 2 aliphatic heterocycles. The molecule has 6 nitrogen and oxygen atoms in total. The van der Waals surface area contributed by atoms with E-state index in [4.69, 9.17) is 11.6 Å². The summed E-state index contributed by atoms with van der Waals surface area (Å²) < 4.78 is 2.25. The van der Waals surface area contributed by atoms with Crippen LogP contribution in [0.15, 0.2) is 29.4 Å². The summed E-state index contributed by atoms with van der Waals surface area (Å²) in [5, 5.41) is 18.0. The lowest BCUT2D eigenvalue weighted by Gasteiger charge is -2.31. The summed E-state index contributed by atoms with van der Waals surface area (Å²) in [6.45, 7) is 2.15. The minimum Gasteiger partial charge on any atom is -0.276 e. The molecule has 0 amide bonds. The van der Waals surface area contributed by atoms with Gasteiger partial charge in [0.05, 0.1) is 6.17 Å². The van der Waals surface area contributed by atoms with Crippen LogP contribution in [0.5, 0.6) is 0 Å². The van der Waals surface area contributed by atoms with Gasteiger partial charge in [-0.1, -0.05) is 35.5 Å². The van der Waals surface area contributed by atoms with Crippen LogP contribution >= 0.6 is 34.7 Å². The number of nitrogens with one attached hydrogen (secondary N) is 2. The molecule has 2 atom stereocenters. The van der Waals surface area contributed by atoms with E-state index in [1.807, 2.05) is 23.5 Å². The standard InChI is InChI=1S/C20H21ClN6S2/c1-11-22-17-16-14-4-2-3-5-15(14)29-18(16)26-19(27(17)25-11)23-24-20(26)28-10-12-6-8-13(21)9-7-12/h6-9,11,17,22,25H,2-5,10H2,1H3. The molecular formula is C20H21ClN6S2. The average molecular weight is 445 g/mol. The van der Waals surface area contributed by atoms with Crippen LogP contribution in [0.1, 0.15) is 47.5 Å². The van der Waals surface area contributed by atoms with Crippen molar-refractivity contribution in [2.75, 3.05) is 5.01 Å². The lowest BCUT2D eigenvalue weighted by molar-refractivity contribution is 0.558. The van der Waals surface area contributed by atoms with Crippen molar-refractivity contribution in [2.24, 2.45) is 0 Å². The second kappa shape index (κ2) is 6.99. The molecule has 2 N–H and O–H groups in total. The molecule has 0 saturated carbocycles. The number of hydrazine groups is 1. The Hall–Kier alpha value is -1.58. The van der Waals surface area contributed by atoms with Gasteiger partial charge in [0.25, 0.3) is 0 Å². The van der Waals surface area contributed by atoms with Crippen molar-refractivity contribution in [1.29, 1.82) is 0 Å². The third-order valence-electron chi connectivity index (χ3n) is 5.78. The number of rotatable bonds is 3. The van der Waals surface area contributed by atoms with E-state index in [2.05, 4.69) is 49.6 Å². The molecule has 1 saturated heterocycles. The molecule has 0 spiro atoms. The van der Waals surface area contributed by atoms with Crippen LogP contribution in [-0.4, -0.2) is 20.9 Å². The van der Waals surface area contributed by atoms with Gasteiger partial charge < -0.3 is 0 Å². The van der Waals surface area contributed by atoms with E-state index in [1.165, 1.54) is 46.7 Å². The number of thiophene rings is 1. The fraction of sp³-hybridized carbons (Fsp3) is 0.400. The van der Waals surface area contributed by atoms with E-state index in [-0.39, 0.29) is 12.3 Å². The summed E-state index contributed by atoms with van der Waals surface area (Å²) in [4.78, 5) is 1.54. The normalized spacial score (nSPS) is 22.2. The first-order valence-corrected chi connectivity index (χ1v) is 12.2.